The first kappa shape index (κ1) is 20.4. The zero-order chi connectivity index (χ0) is 20.6. The number of amides is 2. The third kappa shape index (κ3) is 4.49. The van der Waals surface area contributed by atoms with E-state index in [-0.39, 0.29) is 29.4 Å². The Balaban J connectivity index is 1.60. The minimum absolute atomic E-state index is 0.0302. The Morgan fingerprint density at radius 3 is 2.48 bits per heavy atom. The third-order valence-electron chi connectivity index (χ3n) is 5.30. The molecule has 0 bridgehead atoms. The van der Waals surface area contributed by atoms with Crippen LogP contribution in [0, 0.1) is 0 Å². The number of sulfone groups is 1. The molecule has 9 heteroatoms. The highest BCUT2D eigenvalue weighted by molar-refractivity contribution is 7.91. The lowest BCUT2D eigenvalue weighted by Gasteiger charge is -2.15. The van der Waals surface area contributed by atoms with Gasteiger partial charge in [0, 0.05) is 21.5 Å². The fraction of sp³-hybridized carbons (Fsp3) is 0.400. The maximum absolute atomic E-state index is 13.1. The van der Waals surface area contributed by atoms with E-state index < -0.39 is 9.84 Å². The number of nitrogens with one attached hydrogen (secondary N) is 2. The zero-order valence-corrected chi connectivity index (χ0v) is 18.1. The summed E-state index contributed by atoms with van der Waals surface area (Å²) in [5, 5.41) is 6.82. The summed E-state index contributed by atoms with van der Waals surface area (Å²) in [6.07, 6.45) is 4.14. The molecule has 2 heterocycles. The second kappa shape index (κ2) is 8.08. The Kier molecular flexibility index (Phi) is 5.68. The van der Waals surface area contributed by atoms with Gasteiger partial charge >= 0.3 is 0 Å². The average molecular weight is 453 g/mol. The number of rotatable bonds is 4. The van der Waals surface area contributed by atoms with E-state index >= 15 is 0 Å². The van der Waals surface area contributed by atoms with Gasteiger partial charge in [-0.05, 0) is 61.9 Å². The predicted molar refractivity (Wildman–Crippen MR) is 115 cm³/mol. The van der Waals surface area contributed by atoms with E-state index in [9.17, 15) is 18.0 Å². The Morgan fingerprint density at radius 1 is 1.07 bits per heavy atom. The Labute approximate surface area is 178 Å². The van der Waals surface area contributed by atoms with Crippen molar-refractivity contribution >= 4 is 49.6 Å². The monoisotopic (exact) mass is 452 g/mol. The average Bonchev–Trinajstić information content (AvgIpc) is 3.21. The maximum Gasteiger partial charge on any atom is 0.256 e. The van der Waals surface area contributed by atoms with Crippen molar-refractivity contribution in [2.75, 3.05) is 16.8 Å². The largest absolute Gasteiger partial charge is 0.348 e. The van der Waals surface area contributed by atoms with Crippen LogP contribution >= 0.6 is 22.9 Å². The van der Waals surface area contributed by atoms with E-state index in [0.717, 1.165) is 36.1 Å². The fourth-order valence-corrected chi connectivity index (χ4v) is 6.92. The summed E-state index contributed by atoms with van der Waals surface area (Å²) in [7, 11) is -3.09. The number of halogens is 1. The minimum atomic E-state index is -3.09. The molecule has 1 aliphatic carbocycles. The Hall–Kier alpha value is -1.90. The lowest BCUT2D eigenvalue weighted by molar-refractivity contribution is 0.0941. The minimum Gasteiger partial charge on any atom is -0.348 e. The van der Waals surface area contributed by atoms with Crippen LogP contribution in [0.25, 0.3) is 0 Å². The van der Waals surface area contributed by atoms with Crippen LogP contribution < -0.4 is 10.6 Å². The van der Waals surface area contributed by atoms with Crippen LogP contribution in [0.4, 0.5) is 5.00 Å². The number of benzene rings is 1. The van der Waals surface area contributed by atoms with Crippen LogP contribution in [0.15, 0.2) is 24.3 Å². The lowest BCUT2D eigenvalue weighted by Crippen LogP contribution is -2.36. The quantitative estimate of drug-likeness (QED) is 0.743. The highest BCUT2D eigenvalue weighted by Gasteiger charge is 2.32. The van der Waals surface area contributed by atoms with E-state index in [0.29, 0.717) is 27.6 Å². The van der Waals surface area contributed by atoms with E-state index in [2.05, 4.69) is 10.6 Å². The summed E-state index contributed by atoms with van der Waals surface area (Å²) in [5.41, 5.74) is 1.91. The van der Waals surface area contributed by atoms with Crippen LogP contribution in [0.1, 0.15) is 50.4 Å². The number of anilines is 1. The molecule has 1 saturated heterocycles. The zero-order valence-electron chi connectivity index (χ0n) is 15.7. The summed E-state index contributed by atoms with van der Waals surface area (Å²) >= 11 is 7.32. The molecule has 6 nitrogen and oxygen atoms in total. The SMILES string of the molecule is O=C(Nc1sc2c(c1C(=O)N[C@H]1CCS(=O)(=O)C1)CCCC2)c1ccc(Cl)cc1. The number of fused-ring (bicyclic) bond motifs is 1. The molecular weight excluding hydrogens is 432 g/mol. The summed E-state index contributed by atoms with van der Waals surface area (Å²) in [6.45, 7) is 0. The number of aryl methyl sites for hydroxylation is 1. The van der Waals surface area contributed by atoms with Crippen LogP contribution in [0.5, 0.6) is 0 Å². The summed E-state index contributed by atoms with van der Waals surface area (Å²) in [6, 6.07) is 6.17. The van der Waals surface area contributed by atoms with Crippen LogP contribution in [0.2, 0.25) is 5.02 Å². The van der Waals surface area contributed by atoms with Crippen molar-refractivity contribution in [2.24, 2.45) is 0 Å². The van der Waals surface area contributed by atoms with Gasteiger partial charge < -0.3 is 10.6 Å². The van der Waals surface area contributed by atoms with Crippen LogP contribution in [-0.4, -0.2) is 37.8 Å². The smallest absolute Gasteiger partial charge is 0.256 e. The number of hydrogen-bond donors (Lipinski definition) is 2. The lowest BCUT2D eigenvalue weighted by atomic mass is 9.95. The molecule has 1 fully saturated rings. The molecule has 4 rings (SSSR count). The van der Waals surface area contributed by atoms with Gasteiger partial charge in [-0.1, -0.05) is 11.6 Å². The van der Waals surface area contributed by atoms with Crippen molar-refractivity contribution in [2.45, 2.75) is 38.1 Å². The van der Waals surface area contributed by atoms with Crippen molar-refractivity contribution in [3.63, 3.8) is 0 Å². The first-order valence-electron chi connectivity index (χ1n) is 9.55. The number of carbonyl (C=O) groups excluding carboxylic acids is 2. The van der Waals surface area contributed by atoms with Gasteiger partial charge in [0.15, 0.2) is 9.84 Å². The standard InChI is InChI=1S/C20H21ClN2O4S2/c21-13-7-5-12(6-8-13)18(24)23-20-17(15-3-1-2-4-16(15)28-20)19(25)22-14-9-10-29(26,27)11-14/h5-8,14H,1-4,9-11H2,(H,22,25)(H,23,24)/t14-/m0/s1. The molecule has 154 valence electrons. The first-order chi connectivity index (χ1) is 13.8. The van der Waals surface area contributed by atoms with Crippen molar-refractivity contribution in [1.29, 1.82) is 0 Å². The van der Waals surface area contributed by atoms with Gasteiger partial charge in [-0.3, -0.25) is 9.59 Å². The van der Waals surface area contributed by atoms with E-state index in [4.69, 9.17) is 11.6 Å². The second-order valence-corrected chi connectivity index (χ2v) is 11.2. The van der Waals surface area contributed by atoms with Crippen molar-refractivity contribution in [3.8, 4) is 0 Å². The molecule has 2 aromatic rings. The fourth-order valence-electron chi connectivity index (χ4n) is 3.84. The molecule has 1 atom stereocenters. The predicted octanol–water partition coefficient (Wildman–Crippen LogP) is 3.45. The van der Waals surface area contributed by atoms with Gasteiger partial charge in [0.05, 0.1) is 17.1 Å². The summed E-state index contributed by atoms with van der Waals surface area (Å²) < 4.78 is 23.4. The van der Waals surface area contributed by atoms with Gasteiger partial charge in [-0.2, -0.15) is 0 Å². The Morgan fingerprint density at radius 2 is 1.79 bits per heavy atom. The molecule has 1 aliphatic heterocycles. The van der Waals surface area contributed by atoms with Crippen LogP contribution in [-0.2, 0) is 22.7 Å². The molecule has 29 heavy (non-hydrogen) atoms. The summed E-state index contributed by atoms with van der Waals surface area (Å²) in [4.78, 5) is 26.9. The normalized spacial score (nSPS) is 20.1. The molecular formula is C20H21ClN2O4S2. The van der Waals surface area contributed by atoms with E-state index in [1.165, 1.54) is 11.3 Å². The Bertz CT molecular complexity index is 1060. The number of hydrogen-bond acceptors (Lipinski definition) is 5. The van der Waals surface area contributed by atoms with E-state index in [1.807, 2.05) is 0 Å². The highest BCUT2D eigenvalue weighted by Crippen LogP contribution is 2.38. The third-order valence-corrected chi connectivity index (χ3v) is 8.53. The second-order valence-electron chi connectivity index (χ2n) is 7.45. The number of carbonyl (C=O) groups is 2. The molecule has 2 amide bonds. The van der Waals surface area contributed by atoms with Gasteiger partial charge in [0.25, 0.3) is 11.8 Å². The molecule has 1 aromatic heterocycles. The highest BCUT2D eigenvalue weighted by atomic mass is 35.5. The van der Waals surface area contributed by atoms with Gasteiger partial charge in [0.1, 0.15) is 5.00 Å². The van der Waals surface area contributed by atoms with Gasteiger partial charge in [-0.25, -0.2) is 8.42 Å². The molecule has 1 aromatic carbocycles. The van der Waals surface area contributed by atoms with Crippen molar-refractivity contribution < 1.29 is 18.0 Å². The van der Waals surface area contributed by atoms with Gasteiger partial charge in [0.2, 0.25) is 0 Å². The topological polar surface area (TPSA) is 92.3 Å². The van der Waals surface area contributed by atoms with Gasteiger partial charge in [-0.15, -0.1) is 11.3 Å². The molecule has 0 unspecified atom stereocenters. The maximum atomic E-state index is 13.1. The van der Waals surface area contributed by atoms with Crippen molar-refractivity contribution in [1.82, 2.24) is 5.32 Å². The number of thiophene rings is 1. The van der Waals surface area contributed by atoms with Crippen molar-refractivity contribution in [3.05, 3.63) is 50.9 Å². The molecule has 2 aliphatic rings. The van der Waals surface area contributed by atoms with E-state index in [1.54, 1.807) is 24.3 Å². The molecule has 2 N–H and O–H groups in total. The molecule has 0 spiro atoms. The first-order valence-corrected chi connectivity index (χ1v) is 12.6. The summed E-state index contributed by atoms with van der Waals surface area (Å²) in [5.74, 6) is -0.548. The molecule has 0 saturated carbocycles. The molecule has 0 radical (unpaired) electrons. The van der Waals surface area contributed by atoms with Crippen LogP contribution in [0.3, 0.4) is 0 Å².